The molecule has 2 N–H and O–H groups in total. The molecule has 0 radical (unpaired) electrons. The molecule has 2 aliphatic rings. The first-order valence-electron chi connectivity index (χ1n) is 11.6. The Bertz CT molecular complexity index is 1470. The summed E-state index contributed by atoms with van der Waals surface area (Å²) in [5.74, 6) is 0.948. The van der Waals surface area contributed by atoms with Crippen molar-refractivity contribution in [2.45, 2.75) is 6.42 Å². The number of methoxy groups -OCH3 is 1. The number of nitrogens with one attached hydrogen (secondary N) is 2. The highest BCUT2D eigenvalue weighted by atomic mass is 35.5. The second-order valence-electron chi connectivity index (χ2n) is 8.65. The van der Waals surface area contributed by atoms with Gasteiger partial charge in [0.25, 0.3) is 0 Å². The molecule has 0 amide bonds. The Balaban J connectivity index is 1.48. The summed E-state index contributed by atoms with van der Waals surface area (Å²) >= 11 is 6.36. The molecule has 36 heavy (non-hydrogen) atoms. The van der Waals surface area contributed by atoms with E-state index in [0.29, 0.717) is 89.1 Å². The first-order chi connectivity index (χ1) is 17.6. The molecule has 0 bridgehead atoms. The van der Waals surface area contributed by atoms with E-state index >= 15 is 0 Å². The van der Waals surface area contributed by atoms with E-state index in [9.17, 15) is 4.79 Å². The van der Waals surface area contributed by atoms with E-state index in [1.807, 2.05) is 30.3 Å². The Morgan fingerprint density at radius 3 is 2.92 bits per heavy atom. The number of nitrogens with zero attached hydrogens (tertiary/aromatic N) is 2. The quantitative estimate of drug-likeness (QED) is 0.345. The number of hydrogen-bond acceptors (Lipinski definition) is 8. The maximum Gasteiger partial charge on any atom is 0.342 e. The van der Waals surface area contributed by atoms with Gasteiger partial charge in [0, 0.05) is 35.9 Å². The largest absolute Gasteiger partial charge is 0.493 e. The molecule has 4 aromatic rings. The lowest BCUT2D eigenvalue weighted by atomic mass is 10.1. The Morgan fingerprint density at radius 1 is 1.22 bits per heavy atom. The SMILES string of the molecule is COc1c(Cl)cccc1Nc1c(-c2ccnc3ccc(OCC4COC4)nc23)[nH]c2c1C(=O)OCC2. The van der Waals surface area contributed by atoms with Crippen LogP contribution in [-0.4, -0.2) is 54.5 Å². The second kappa shape index (κ2) is 9.33. The van der Waals surface area contributed by atoms with Crippen molar-refractivity contribution in [3.8, 4) is 22.9 Å². The minimum atomic E-state index is -0.402. The smallest absolute Gasteiger partial charge is 0.342 e. The van der Waals surface area contributed by atoms with E-state index in [4.69, 9.17) is 35.5 Å². The minimum absolute atomic E-state index is 0.309. The van der Waals surface area contributed by atoms with Crippen molar-refractivity contribution in [2.75, 3.05) is 38.9 Å². The predicted molar refractivity (Wildman–Crippen MR) is 134 cm³/mol. The molecule has 10 heteroatoms. The molecule has 0 unspecified atom stereocenters. The lowest BCUT2D eigenvalue weighted by molar-refractivity contribution is -0.0513. The first kappa shape index (κ1) is 22.6. The van der Waals surface area contributed by atoms with Gasteiger partial charge in [0.1, 0.15) is 11.1 Å². The third kappa shape index (κ3) is 4.00. The number of rotatable bonds is 7. The van der Waals surface area contributed by atoms with Crippen LogP contribution < -0.4 is 14.8 Å². The highest BCUT2D eigenvalue weighted by Gasteiger charge is 2.30. The van der Waals surface area contributed by atoms with Crippen molar-refractivity contribution < 1.29 is 23.7 Å². The Kier molecular flexibility index (Phi) is 5.86. The maximum atomic E-state index is 12.9. The van der Waals surface area contributed by atoms with E-state index in [2.05, 4.69) is 15.3 Å². The van der Waals surface area contributed by atoms with Gasteiger partial charge in [-0.2, -0.15) is 0 Å². The molecule has 5 heterocycles. The zero-order chi connectivity index (χ0) is 24.6. The molecule has 0 saturated carbocycles. The van der Waals surface area contributed by atoms with Crippen LogP contribution in [0.5, 0.6) is 11.6 Å². The summed E-state index contributed by atoms with van der Waals surface area (Å²) in [6.45, 7) is 2.25. The van der Waals surface area contributed by atoms with Crippen LogP contribution in [0, 0.1) is 5.92 Å². The molecule has 6 rings (SSSR count). The van der Waals surface area contributed by atoms with Gasteiger partial charge in [0.05, 0.1) is 61.1 Å². The van der Waals surface area contributed by atoms with Crippen LogP contribution in [0.25, 0.3) is 22.3 Å². The Morgan fingerprint density at radius 2 is 2.11 bits per heavy atom. The van der Waals surface area contributed by atoms with Gasteiger partial charge in [-0.15, -0.1) is 0 Å². The van der Waals surface area contributed by atoms with Gasteiger partial charge in [-0.05, 0) is 24.3 Å². The first-order valence-corrected chi connectivity index (χ1v) is 12.0. The average Bonchev–Trinajstić information content (AvgIpc) is 3.22. The fourth-order valence-electron chi connectivity index (χ4n) is 4.43. The van der Waals surface area contributed by atoms with Crippen LogP contribution in [-0.2, 0) is 15.9 Å². The van der Waals surface area contributed by atoms with E-state index < -0.39 is 5.97 Å². The summed E-state index contributed by atoms with van der Waals surface area (Å²) in [4.78, 5) is 25.6. The normalized spacial score (nSPS) is 15.2. The predicted octanol–water partition coefficient (Wildman–Crippen LogP) is 4.77. The number of esters is 1. The lowest BCUT2D eigenvalue weighted by Crippen LogP contribution is -2.32. The lowest BCUT2D eigenvalue weighted by Gasteiger charge is -2.25. The monoisotopic (exact) mass is 506 g/mol. The summed E-state index contributed by atoms with van der Waals surface area (Å²) in [6.07, 6.45) is 2.28. The Labute approximate surface area is 211 Å². The zero-order valence-corrected chi connectivity index (χ0v) is 20.2. The standard InChI is InChI=1S/C26H23ClN4O5/c1-33-25-16(27)3-2-4-19(25)30-24-21-17(8-10-35-26(21)32)29-23(24)15-7-9-28-18-5-6-20(31-22(15)18)36-13-14-11-34-12-14/h2-7,9,14,29-30H,8,10-13H2,1H3. The van der Waals surface area contributed by atoms with Crippen LogP contribution in [0.3, 0.4) is 0 Å². The number of aromatic nitrogens is 3. The van der Waals surface area contributed by atoms with Gasteiger partial charge in [-0.3, -0.25) is 4.98 Å². The van der Waals surface area contributed by atoms with Crippen LogP contribution >= 0.6 is 11.6 Å². The number of cyclic esters (lactones) is 1. The number of aromatic amines is 1. The number of halogens is 1. The van der Waals surface area contributed by atoms with Gasteiger partial charge in [0.2, 0.25) is 5.88 Å². The molecular formula is C26H23ClN4O5. The van der Waals surface area contributed by atoms with Gasteiger partial charge < -0.3 is 29.2 Å². The molecule has 9 nitrogen and oxygen atoms in total. The molecule has 0 atom stereocenters. The summed E-state index contributed by atoms with van der Waals surface area (Å²) in [5, 5.41) is 3.82. The summed E-state index contributed by atoms with van der Waals surface area (Å²) < 4.78 is 22.0. The number of hydrogen-bond donors (Lipinski definition) is 2. The molecular weight excluding hydrogens is 484 g/mol. The van der Waals surface area contributed by atoms with Gasteiger partial charge in [-0.1, -0.05) is 17.7 Å². The van der Waals surface area contributed by atoms with Crippen molar-refractivity contribution in [3.05, 3.63) is 58.9 Å². The van der Waals surface area contributed by atoms with E-state index in [1.54, 1.807) is 19.4 Å². The van der Waals surface area contributed by atoms with Gasteiger partial charge >= 0.3 is 5.97 Å². The number of carbonyl (C=O) groups is 1. The molecule has 184 valence electrons. The molecule has 1 fully saturated rings. The molecule has 1 aromatic carbocycles. The number of carbonyl (C=O) groups excluding carboxylic acids is 1. The summed E-state index contributed by atoms with van der Waals surface area (Å²) in [6, 6.07) is 10.9. The van der Waals surface area contributed by atoms with E-state index in [-0.39, 0.29) is 0 Å². The molecule has 3 aromatic heterocycles. The molecule has 0 spiro atoms. The number of H-pyrrole nitrogens is 1. The van der Waals surface area contributed by atoms with E-state index in [1.165, 1.54) is 0 Å². The highest BCUT2D eigenvalue weighted by Crippen LogP contribution is 2.42. The highest BCUT2D eigenvalue weighted by molar-refractivity contribution is 6.32. The van der Waals surface area contributed by atoms with Gasteiger partial charge in [0.15, 0.2) is 5.75 Å². The molecule has 1 saturated heterocycles. The molecule has 0 aliphatic carbocycles. The van der Waals surface area contributed by atoms with Gasteiger partial charge in [-0.25, -0.2) is 9.78 Å². The summed E-state index contributed by atoms with van der Waals surface area (Å²) in [7, 11) is 1.55. The van der Waals surface area contributed by atoms with Crippen LogP contribution in [0.2, 0.25) is 5.02 Å². The van der Waals surface area contributed by atoms with Crippen molar-refractivity contribution in [1.29, 1.82) is 0 Å². The fourth-order valence-corrected chi connectivity index (χ4v) is 4.68. The maximum absolute atomic E-state index is 12.9. The number of fused-ring (bicyclic) bond motifs is 2. The fraction of sp³-hybridized carbons (Fsp3) is 0.269. The topological polar surface area (TPSA) is 108 Å². The van der Waals surface area contributed by atoms with Crippen molar-refractivity contribution in [2.24, 2.45) is 5.92 Å². The third-order valence-corrected chi connectivity index (χ3v) is 6.60. The third-order valence-electron chi connectivity index (χ3n) is 6.30. The number of ether oxygens (including phenoxy) is 4. The van der Waals surface area contributed by atoms with Crippen LogP contribution in [0.4, 0.5) is 11.4 Å². The zero-order valence-electron chi connectivity index (χ0n) is 19.5. The van der Waals surface area contributed by atoms with Crippen LogP contribution in [0.1, 0.15) is 16.1 Å². The number of para-hydroxylation sites is 1. The van der Waals surface area contributed by atoms with Crippen LogP contribution in [0.15, 0.2) is 42.6 Å². The Hall–Kier alpha value is -3.82. The second-order valence-corrected chi connectivity index (χ2v) is 9.06. The summed E-state index contributed by atoms with van der Waals surface area (Å²) in [5.41, 5.74) is 5.20. The number of anilines is 2. The van der Waals surface area contributed by atoms with Crippen molar-refractivity contribution >= 4 is 40.0 Å². The minimum Gasteiger partial charge on any atom is -0.493 e. The van der Waals surface area contributed by atoms with E-state index in [0.717, 1.165) is 11.3 Å². The van der Waals surface area contributed by atoms with Crippen molar-refractivity contribution in [1.82, 2.24) is 15.0 Å². The number of benzene rings is 1. The molecule has 2 aliphatic heterocycles. The number of pyridine rings is 2. The van der Waals surface area contributed by atoms with Crippen molar-refractivity contribution in [3.63, 3.8) is 0 Å². The average molecular weight is 507 g/mol.